The lowest BCUT2D eigenvalue weighted by molar-refractivity contribution is 0.494. The smallest absolute Gasteiger partial charge is 0.0406 e. The summed E-state index contributed by atoms with van der Waals surface area (Å²) >= 11 is 7.85. The molecular weight excluding hydrogens is 298 g/mol. The van der Waals surface area contributed by atoms with Crippen LogP contribution in [0.5, 0.6) is 0 Å². The molecule has 1 aromatic rings. The van der Waals surface area contributed by atoms with Gasteiger partial charge in [-0.3, -0.25) is 0 Å². The molecule has 0 amide bonds. The molecule has 21 heavy (non-hydrogen) atoms. The summed E-state index contributed by atoms with van der Waals surface area (Å²) in [4.78, 5) is 1.31. The Balaban J connectivity index is 2.21. The molecule has 1 rings (SSSR count). The largest absolute Gasteiger partial charge is 0.313 e. The third-order valence-electron chi connectivity index (χ3n) is 3.66. The lowest BCUT2D eigenvalue weighted by Gasteiger charge is -2.17. The molecular formula is C18H30ClNS. The quantitative estimate of drug-likeness (QED) is 0.364. The Morgan fingerprint density at radius 2 is 1.67 bits per heavy atom. The van der Waals surface area contributed by atoms with E-state index in [-0.39, 0.29) is 0 Å². The minimum atomic E-state index is 0.627. The van der Waals surface area contributed by atoms with Crippen LogP contribution in [0, 0.1) is 0 Å². The van der Waals surface area contributed by atoms with Crippen LogP contribution in [-0.2, 0) is 0 Å². The highest BCUT2D eigenvalue weighted by Gasteiger charge is 2.07. The van der Waals surface area contributed by atoms with Crippen LogP contribution in [0.1, 0.15) is 58.8 Å². The Morgan fingerprint density at radius 3 is 2.33 bits per heavy atom. The van der Waals surface area contributed by atoms with Crippen LogP contribution in [0.2, 0.25) is 5.02 Å². The van der Waals surface area contributed by atoms with E-state index in [9.17, 15) is 0 Å². The summed E-state index contributed by atoms with van der Waals surface area (Å²) in [5.74, 6) is 1.14. The van der Waals surface area contributed by atoms with Gasteiger partial charge in [-0.25, -0.2) is 0 Å². The Bertz CT molecular complexity index is 353. The van der Waals surface area contributed by atoms with E-state index in [4.69, 9.17) is 11.6 Å². The van der Waals surface area contributed by atoms with Crippen molar-refractivity contribution in [3.05, 3.63) is 29.3 Å². The second-order valence-electron chi connectivity index (χ2n) is 5.58. The molecule has 3 heteroatoms. The number of hydrogen-bond acceptors (Lipinski definition) is 2. The molecule has 0 saturated carbocycles. The predicted octanol–water partition coefficient (Wildman–Crippen LogP) is 6.16. The van der Waals surface area contributed by atoms with Crippen molar-refractivity contribution in [1.29, 1.82) is 0 Å². The van der Waals surface area contributed by atoms with Gasteiger partial charge in [0.15, 0.2) is 0 Å². The molecule has 0 aliphatic rings. The van der Waals surface area contributed by atoms with Crippen molar-refractivity contribution in [2.75, 3.05) is 12.3 Å². The van der Waals surface area contributed by atoms with Crippen molar-refractivity contribution in [3.63, 3.8) is 0 Å². The maximum atomic E-state index is 5.92. The van der Waals surface area contributed by atoms with Crippen LogP contribution in [0.15, 0.2) is 29.2 Å². The molecule has 1 aromatic carbocycles. The minimum Gasteiger partial charge on any atom is -0.313 e. The first kappa shape index (κ1) is 18.9. The van der Waals surface area contributed by atoms with E-state index < -0.39 is 0 Å². The normalized spacial score (nSPS) is 12.5. The van der Waals surface area contributed by atoms with Gasteiger partial charge in [-0.1, -0.05) is 64.0 Å². The first-order chi connectivity index (χ1) is 10.3. The summed E-state index contributed by atoms with van der Waals surface area (Å²) in [6.07, 6.45) is 9.55. The van der Waals surface area contributed by atoms with Gasteiger partial charge >= 0.3 is 0 Å². The van der Waals surface area contributed by atoms with E-state index in [1.54, 1.807) is 0 Å². The molecule has 120 valence electrons. The second kappa shape index (κ2) is 12.4. The number of nitrogens with one attached hydrogen (secondary N) is 1. The fourth-order valence-electron chi connectivity index (χ4n) is 2.43. The van der Waals surface area contributed by atoms with Crippen LogP contribution in [0.25, 0.3) is 0 Å². The van der Waals surface area contributed by atoms with Gasteiger partial charge in [-0.15, -0.1) is 11.8 Å². The summed E-state index contributed by atoms with van der Waals surface area (Å²) < 4.78 is 0. The first-order valence-electron chi connectivity index (χ1n) is 8.38. The number of benzene rings is 1. The van der Waals surface area contributed by atoms with Crippen molar-refractivity contribution in [3.8, 4) is 0 Å². The standard InChI is InChI=1S/C18H30ClNS/c1-3-5-6-7-8-9-10-17(20-4-2)15-21-18-13-11-16(19)12-14-18/h11-14,17,20H,3-10,15H2,1-2H3. The third kappa shape index (κ3) is 9.44. The molecule has 0 saturated heterocycles. The van der Waals surface area contributed by atoms with Crippen LogP contribution >= 0.6 is 23.4 Å². The van der Waals surface area contributed by atoms with Gasteiger partial charge in [-0.2, -0.15) is 0 Å². The van der Waals surface area contributed by atoms with Gasteiger partial charge < -0.3 is 5.32 Å². The fourth-order valence-corrected chi connectivity index (χ4v) is 3.56. The molecule has 1 atom stereocenters. The van der Waals surface area contributed by atoms with Gasteiger partial charge in [0.05, 0.1) is 0 Å². The summed E-state index contributed by atoms with van der Waals surface area (Å²) in [6.45, 7) is 5.53. The number of thioether (sulfide) groups is 1. The Morgan fingerprint density at radius 1 is 1.00 bits per heavy atom. The molecule has 1 N–H and O–H groups in total. The maximum Gasteiger partial charge on any atom is 0.0406 e. The van der Waals surface area contributed by atoms with Crippen molar-refractivity contribution >= 4 is 23.4 Å². The SMILES string of the molecule is CCCCCCCCC(CSc1ccc(Cl)cc1)NCC. The van der Waals surface area contributed by atoms with Crippen molar-refractivity contribution in [2.24, 2.45) is 0 Å². The Kier molecular flexibility index (Phi) is 11.1. The lowest BCUT2D eigenvalue weighted by atomic mass is 10.1. The van der Waals surface area contributed by atoms with Crippen LogP contribution < -0.4 is 5.32 Å². The van der Waals surface area contributed by atoms with Crippen molar-refractivity contribution in [2.45, 2.75) is 69.7 Å². The van der Waals surface area contributed by atoms with Crippen molar-refractivity contribution in [1.82, 2.24) is 5.32 Å². The highest BCUT2D eigenvalue weighted by molar-refractivity contribution is 7.99. The number of hydrogen-bond donors (Lipinski definition) is 1. The molecule has 0 heterocycles. The van der Waals surface area contributed by atoms with Gasteiger partial charge in [-0.05, 0) is 37.2 Å². The first-order valence-corrected chi connectivity index (χ1v) is 9.74. The average molecular weight is 328 g/mol. The fraction of sp³-hybridized carbons (Fsp3) is 0.667. The van der Waals surface area contributed by atoms with Gasteiger partial charge in [0.1, 0.15) is 0 Å². The zero-order chi connectivity index (χ0) is 15.3. The average Bonchev–Trinajstić information content (AvgIpc) is 2.49. The van der Waals surface area contributed by atoms with Gasteiger partial charge in [0.25, 0.3) is 0 Å². The summed E-state index contributed by atoms with van der Waals surface area (Å²) in [6, 6.07) is 8.79. The summed E-state index contributed by atoms with van der Waals surface area (Å²) in [7, 11) is 0. The molecule has 0 aliphatic carbocycles. The molecule has 1 unspecified atom stereocenters. The topological polar surface area (TPSA) is 12.0 Å². The number of halogens is 1. The van der Waals surface area contributed by atoms with E-state index in [2.05, 4.69) is 31.3 Å². The molecule has 0 radical (unpaired) electrons. The maximum absolute atomic E-state index is 5.92. The highest BCUT2D eigenvalue weighted by Crippen LogP contribution is 2.22. The molecule has 0 aliphatic heterocycles. The monoisotopic (exact) mass is 327 g/mol. The second-order valence-corrected chi connectivity index (χ2v) is 7.11. The highest BCUT2D eigenvalue weighted by atomic mass is 35.5. The Hall–Kier alpha value is -0.180. The molecule has 0 fully saturated rings. The minimum absolute atomic E-state index is 0.627. The third-order valence-corrected chi connectivity index (χ3v) is 5.09. The van der Waals surface area contributed by atoms with Gasteiger partial charge in [0.2, 0.25) is 0 Å². The van der Waals surface area contributed by atoms with E-state index in [0.29, 0.717) is 6.04 Å². The summed E-state index contributed by atoms with van der Waals surface area (Å²) in [5.41, 5.74) is 0. The zero-order valence-corrected chi connectivity index (χ0v) is 15.1. The zero-order valence-electron chi connectivity index (χ0n) is 13.5. The van der Waals surface area contributed by atoms with E-state index in [1.165, 1.54) is 49.8 Å². The van der Waals surface area contributed by atoms with Crippen LogP contribution in [0.3, 0.4) is 0 Å². The molecule has 1 nitrogen and oxygen atoms in total. The lowest BCUT2D eigenvalue weighted by Crippen LogP contribution is -2.31. The van der Waals surface area contributed by atoms with E-state index in [1.807, 2.05) is 23.9 Å². The van der Waals surface area contributed by atoms with Crippen molar-refractivity contribution < 1.29 is 0 Å². The molecule has 0 bridgehead atoms. The predicted molar refractivity (Wildman–Crippen MR) is 97.6 cm³/mol. The number of rotatable bonds is 12. The van der Waals surface area contributed by atoms with Gasteiger partial charge in [0, 0.05) is 21.7 Å². The number of unbranched alkanes of at least 4 members (excludes halogenated alkanes) is 5. The van der Waals surface area contributed by atoms with Crippen LogP contribution in [0.4, 0.5) is 0 Å². The Labute approximate surface area is 140 Å². The van der Waals surface area contributed by atoms with Crippen LogP contribution in [-0.4, -0.2) is 18.3 Å². The molecule has 0 spiro atoms. The van der Waals surface area contributed by atoms with E-state index in [0.717, 1.165) is 17.3 Å². The summed E-state index contributed by atoms with van der Waals surface area (Å²) in [5, 5.41) is 4.43. The molecule has 0 aromatic heterocycles. The van der Waals surface area contributed by atoms with E-state index >= 15 is 0 Å².